The fourth-order valence-electron chi connectivity index (χ4n) is 2.56. The largest absolute Gasteiger partial charge is 0.478 e. The standard InChI is InChI=1S/C14H24N4O/c1-3-19-13-9-11(2)16-14(17-13)18-8-6-4-5-7-12(18)10-15/h9,12H,3-8,10,15H2,1-2H3. The molecular weight excluding hydrogens is 240 g/mol. The SMILES string of the molecule is CCOc1cc(C)nc(N2CCCCCC2CN)n1. The molecular formula is C14H24N4O. The van der Waals surface area contributed by atoms with Crippen molar-refractivity contribution in [2.45, 2.75) is 45.6 Å². The summed E-state index contributed by atoms with van der Waals surface area (Å²) in [5.41, 5.74) is 6.85. The highest BCUT2D eigenvalue weighted by Crippen LogP contribution is 2.23. The second-order valence-corrected chi connectivity index (χ2v) is 5.01. The molecule has 0 bridgehead atoms. The molecule has 0 aliphatic carbocycles. The number of aromatic nitrogens is 2. The molecule has 5 heteroatoms. The molecule has 19 heavy (non-hydrogen) atoms. The summed E-state index contributed by atoms with van der Waals surface area (Å²) in [4.78, 5) is 11.3. The van der Waals surface area contributed by atoms with Crippen molar-refractivity contribution in [1.29, 1.82) is 0 Å². The van der Waals surface area contributed by atoms with Crippen molar-refractivity contribution in [3.05, 3.63) is 11.8 Å². The van der Waals surface area contributed by atoms with E-state index < -0.39 is 0 Å². The molecule has 1 unspecified atom stereocenters. The maximum Gasteiger partial charge on any atom is 0.229 e. The van der Waals surface area contributed by atoms with Gasteiger partial charge in [0.05, 0.1) is 6.61 Å². The van der Waals surface area contributed by atoms with Gasteiger partial charge < -0.3 is 15.4 Å². The molecule has 2 heterocycles. The van der Waals surface area contributed by atoms with E-state index in [2.05, 4.69) is 14.9 Å². The molecule has 1 aromatic rings. The fraction of sp³-hybridized carbons (Fsp3) is 0.714. The Morgan fingerprint density at radius 1 is 1.37 bits per heavy atom. The minimum Gasteiger partial charge on any atom is -0.478 e. The van der Waals surface area contributed by atoms with E-state index in [0.717, 1.165) is 24.6 Å². The van der Waals surface area contributed by atoms with Crippen molar-refractivity contribution in [1.82, 2.24) is 9.97 Å². The Morgan fingerprint density at radius 2 is 2.21 bits per heavy atom. The average molecular weight is 264 g/mol. The number of rotatable bonds is 4. The van der Waals surface area contributed by atoms with Gasteiger partial charge in [-0.05, 0) is 26.7 Å². The third-order valence-electron chi connectivity index (χ3n) is 3.52. The molecule has 2 N–H and O–H groups in total. The van der Waals surface area contributed by atoms with Crippen molar-refractivity contribution in [3.63, 3.8) is 0 Å². The monoisotopic (exact) mass is 264 g/mol. The van der Waals surface area contributed by atoms with Gasteiger partial charge in [-0.15, -0.1) is 0 Å². The van der Waals surface area contributed by atoms with Crippen LogP contribution in [-0.2, 0) is 0 Å². The second kappa shape index (κ2) is 6.70. The van der Waals surface area contributed by atoms with Crippen LogP contribution in [0.15, 0.2) is 6.07 Å². The highest BCUT2D eigenvalue weighted by Gasteiger charge is 2.22. The first-order valence-corrected chi connectivity index (χ1v) is 7.19. The third-order valence-corrected chi connectivity index (χ3v) is 3.52. The van der Waals surface area contributed by atoms with E-state index in [1.165, 1.54) is 19.3 Å². The molecule has 0 spiro atoms. The van der Waals surface area contributed by atoms with Crippen LogP contribution in [0.4, 0.5) is 5.95 Å². The molecule has 2 rings (SSSR count). The van der Waals surface area contributed by atoms with Crippen LogP contribution in [0.1, 0.15) is 38.3 Å². The van der Waals surface area contributed by atoms with Crippen LogP contribution >= 0.6 is 0 Å². The smallest absolute Gasteiger partial charge is 0.229 e. The number of ether oxygens (including phenoxy) is 1. The van der Waals surface area contributed by atoms with Crippen molar-refractivity contribution in [2.75, 3.05) is 24.6 Å². The molecule has 1 aliphatic rings. The van der Waals surface area contributed by atoms with Gasteiger partial charge in [0, 0.05) is 30.9 Å². The lowest BCUT2D eigenvalue weighted by Gasteiger charge is -2.29. The Labute approximate surface area is 115 Å². The minimum atomic E-state index is 0.346. The number of anilines is 1. The molecule has 1 aromatic heterocycles. The molecule has 0 amide bonds. The summed E-state index contributed by atoms with van der Waals surface area (Å²) in [6.07, 6.45) is 4.80. The Hall–Kier alpha value is -1.36. The molecule has 0 saturated carbocycles. The van der Waals surface area contributed by atoms with Crippen LogP contribution in [0.5, 0.6) is 5.88 Å². The van der Waals surface area contributed by atoms with E-state index in [1.54, 1.807) is 0 Å². The fourth-order valence-corrected chi connectivity index (χ4v) is 2.56. The van der Waals surface area contributed by atoms with Crippen molar-refractivity contribution in [2.24, 2.45) is 5.73 Å². The summed E-state index contributed by atoms with van der Waals surface area (Å²) in [6.45, 7) is 6.20. The number of nitrogens with zero attached hydrogens (tertiary/aromatic N) is 3. The predicted molar refractivity (Wildman–Crippen MR) is 76.6 cm³/mol. The lowest BCUT2D eigenvalue weighted by atomic mass is 10.1. The van der Waals surface area contributed by atoms with Gasteiger partial charge in [-0.25, -0.2) is 4.98 Å². The van der Waals surface area contributed by atoms with Crippen LogP contribution < -0.4 is 15.4 Å². The first-order chi connectivity index (χ1) is 9.24. The lowest BCUT2D eigenvalue weighted by Crippen LogP contribution is -2.41. The maximum atomic E-state index is 5.91. The van der Waals surface area contributed by atoms with Gasteiger partial charge in [0.25, 0.3) is 0 Å². The molecule has 106 valence electrons. The molecule has 1 aliphatic heterocycles. The van der Waals surface area contributed by atoms with Gasteiger partial charge in [0.15, 0.2) is 0 Å². The van der Waals surface area contributed by atoms with E-state index in [4.69, 9.17) is 10.5 Å². The maximum absolute atomic E-state index is 5.91. The van der Waals surface area contributed by atoms with Crippen molar-refractivity contribution in [3.8, 4) is 5.88 Å². The first kappa shape index (κ1) is 14.1. The topological polar surface area (TPSA) is 64.3 Å². The van der Waals surface area contributed by atoms with E-state index in [0.29, 0.717) is 25.1 Å². The highest BCUT2D eigenvalue weighted by molar-refractivity contribution is 5.36. The minimum absolute atomic E-state index is 0.346. The normalized spacial score (nSPS) is 20.2. The summed E-state index contributed by atoms with van der Waals surface area (Å²) in [5.74, 6) is 1.42. The highest BCUT2D eigenvalue weighted by atomic mass is 16.5. The van der Waals surface area contributed by atoms with Crippen molar-refractivity contribution >= 4 is 5.95 Å². The Morgan fingerprint density at radius 3 is 2.95 bits per heavy atom. The van der Waals surface area contributed by atoms with Crippen LogP contribution in [-0.4, -0.2) is 35.7 Å². The Balaban J connectivity index is 2.26. The number of hydrogen-bond acceptors (Lipinski definition) is 5. The number of hydrogen-bond donors (Lipinski definition) is 1. The number of nitrogens with two attached hydrogens (primary N) is 1. The summed E-state index contributed by atoms with van der Waals surface area (Å²) < 4.78 is 5.51. The van der Waals surface area contributed by atoms with Crippen LogP contribution in [0, 0.1) is 6.92 Å². The van der Waals surface area contributed by atoms with Crippen LogP contribution in [0.25, 0.3) is 0 Å². The van der Waals surface area contributed by atoms with E-state index >= 15 is 0 Å². The van der Waals surface area contributed by atoms with Gasteiger partial charge in [-0.3, -0.25) is 0 Å². The second-order valence-electron chi connectivity index (χ2n) is 5.01. The van der Waals surface area contributed by atoms with Crippen LogP contribution in [0.2, 0.25) is 0 Å². The molecule has 0 aromatic carbocycles. The lowest BCUT2D eigenvalue weighted by molar-refractivity contribution is 0.325. The van der Waals surface area contributed by atoms with E-state index in [9.17, 15) is 0 Å². The molecule has 1 atom stereocenters. The van der Waals surface area contributed by atoms with Gasteiger partial charge >= 0.3 is 0 Å². The summed E-state index contributed by atoms with van der Waals surface area (Å²) in [6, 6.07) is 2.22. The average Bonchev–Trinajstić information content (AvgIpc) is 2.63. The molecule has 5 nitrogen and oxygen atoms in total. The predicted octanol–water partition coefficient (Wildman–Crippen LogP) is 1.89. The summed E-state index contributed by atoms with van der Waals surface area (Å²) >= 11 is 0. The quantitative estimate of drug-likeness (QED) is 0.899. The Kier molecular flexibility index (Phi) is 4.96. The number of aryl methyl sites for hydroxylation is 1. The van der Waals surface area contributed by atoms with Gasteiger partial charge in [0.2, 0.25) is 11.8 Å². The first-order valence-electron chi connectivity index (χ1n) is 7.19. The van der Waals surface area contributed by atoms with Crippen LogP contribution in [0.3, 0.4) is 0 Å². The molecule has 1 saturated heterocycles. The zero-order valence-electron chi connectivity index (χ0n) is 11.9. The zero-order chi connectivity index (χ0) is 13.7. The molecule has 0 radical (unpaired) electrons. The van der Waals surface area contributed by atoms with Gasteiger partial charge in [0.1, 0.15) is 0 Å². The Bertz CT molecular complexity index is 410. The summed E-state index contributed by atoms with van der Waals surface area (Å²) in [5, 5.41) is 0. The van der Waals surface area contributed by atoms with E-state index in [1.807, 2.05) is 19.9 Å². The van der Waals surface area contributed by atoms with E-state index in [-0.39, 0.29) is 0 Å². The third kappa shape index (κ3) is 3.56. The van der Waals surface area contributed by atoms with Crippen molar-refractivity contribution < 1.29 is 4.74 Å². The molecule has 1 fully saturated rings. The van der Waals surface area contributed by atoms with Gasteiger partial charge in [-0.1, -0.05) is 12.8 Å². The summed E-state index contributed by atoms with van der Waals surface area (Å²) in [7, 11) is 0. The van der Waals surface area contributed by atoms with Gasteiger partial charge in [-0.2, -0.15) is 4.98 Å². The zero-order valence-corrected chi connectivity index (χ0v) is 11.9.